The van der Waals surface area contributed by atoms with Crippen LogP contribution in [0.2, 0.25) is 0 Å². The number of rotatable bonds is 3. The molecule has 0 aliphatic heterocycles. The highest BCUT2D eigenvalue weighted by molar-refractivity contribution is 6.03. The van der Waals surface area contributed by atoms with Crippen molar-refractivity contribution in [3.05, 3.63) is 65.0 Å². The van der Waals surface area contributed by atoms with Crippen LogP contribution in [0.5, 0.6) is 0 Å². The molecule has 4 rings (SSSR count). The van der Waals surface area contributed by atoms with Crippen LogP contribution < -0.4 is 0 Å². The summed E-state index contributed by atoms with van der Waals surface area (Å²) >= 11 is 0. The molecule has 126 valence electrons. The zero-order chi connectivity index (χ0) is 17.2. The lowest BCUT2D eigenvalue weighted by Crippen LogP contribution is -2.14. The third-order valence-electron chi connectivity index (χ3n) is 4.57. The summed E-state index contributed by atoms with van der Waals surface area (Å²) in [6.07, 6.45) is 3.43. The largest absolute Gasteiger partial charge is 0.331 e. The molecular weight excluding hydrogens is 314 g/mol. The number of hydrogen-bond acceptors (Lipinski definition) is 4. The normalized spacial score (nSPS) is 15.3. The van der Waals surface area contributed by atoms with Crippen molar-refractivity contribution in [2.45, 2.75) is 32.6 Å². The SMILES string of the molecule is CC(=O)O/N=C1\CCCc2[nH]nc(Cc3cccc4ccccc34)c21. The van der Waals surface area contributed by atoms with Gasteiger partial charge in [-0.05, 0) is 35.6 Å². The molecule has 1 aliphatic rings. The van der Waals surface area contributed by atoms with Crippen LogP contribution in [0.4, 0.5) is 0 Å². The van der Waals surface area contributed by atoms with Gasteiger partial charge in [-0.1, -0.05) is 47.6 Å². The van der Waals surface area contributed by atoms with Gasteiger partial charge < -0.3 is 4.84 Å². The van der Waals surface area contributed by atoms with Crippen LogP contribution in [0, 0.1) is 0 Å². The molecule has 1 N–H and O–H groups in total. The third kappa shape index (κ3) is 3.05. The van der Waals surface area contributed by atoms with E-state index in [0.717, 1.165) is 41.9 Å². The maximum absolute atomic E-state index is 11.1. The van der Waals surface area contributed by atoms with Gasteiger partial charge in [0.1, 0.15) is 0 Å². The minimum atomic E-state index is -0.404. The Morgan fingerprint density at radius 2 is 2.04 bits per heavy atom. The monoisotopic (exact) mass is 333 g/mol. The Bertz CT molecular complexity index is 967. The van der Waals surface area contributed by atoms with E-state index in [4.69, 9.17) is 4.84 Å². The second-order valence-corrected chi connectivity index (χ2v) is 6.31. The maximum Gasteiger partial charge on any atom is 0.331 e. The number of aromatic nitrogens is 2. The molecular formula is C20H19N3O2. The van der Waals surface area contributed by atoms with Gasteiger partial charge in [-0.3, -0.25) is 5.10 Å². The maximum atomic E-state index is 11.1. The molecule has 5 nitrogen and oxygen atoms in total. The molecule has 2 aromatic carbocycles. The topological polar surface area (TPSA) is 67.3 Å². The summed E-state index contributed by atoms with van der Waals surface area (Å²) in [5, 5.41) is 14.2. The van der Waals surface area contributed by atoms with Gasteiger partial charge in [-0.15, -0.1) is 0 Å². The fourth-order valence-electron chi connectivity index (χ4n) is 3.47. The van der Waals surface area contributed by atoms with Crippen LogP contribution in [0.25, 0.3) is 10.8 Å². The lowest BCUT2D eigenvalue weighted by Gasteiger charge is -2.14. The van der Waals surface area contributed by atoms with Gasteiger partial charge >= 0.3 is 5.97 Å². The standard InChI is InChI=1S/C20H19N3O2/c1-13(24)25-23-18-11-5-10-17-20(18)19(22-21-17)12-15-8-4-7-14-6-2-3-9-16(14)15/h2-4,6-9H,5,10-12H2,1H3,(H,21,22)/b23-18+. The first kappa shape index (κ1) is 15.6. The number of benzene rings is 2. The Labute approximate surface area is 145 Å². The number of aromatic amines is 1. The van der Waals surface area contributed by atoms with Crippen molar-refractivity contribution in [1.29, 1.82) is 0 Å². The lowest BCUT2D eigenvalue weighted by atomic mass is 9.91. The second kappa shape index (κ2) is 6.51. The van der Waals surface area contributed by atoms with Gasteiger partial charge in [0, 0.05) is 24.6 Å². The summed E-state index contributed by atoms with van der Waals surface area (Å²) < 4.78 is 0. The summed E-state index contributed by atoms with van der Waals surface area (Å²) in [4.78, 5) is 16.0. The van der Waals surface area contributed by atoms with E-state index in [2.05, 4.69) is 51.8 Å². The average Bonchev–Trinajstić information content (AvgIpc) is 3.04. The number of fused-ring (bicyclic) bond motifs is 2. The molecule has 0 saturated heterocycles. The number of nitrogens with one attached hydrogen (secondary N) is 1. The van der Waals surface area contributed by atoms with Crippen molar-refractivity contribution in [1.82, 2.24) is 10.2 Å². The minimum absolute atomic E-state index is 0.404. The van der Waals surface area contributed by atoms with Crippen LogP contribution in [-0.4, -0.2) is 21.9 Å². The molecule has 0 saturated carbocycles. The fourth-order valence-corrected chi connectivity index (χ4v) is 3.47. The van der Waals surface area contributed by atoms with Crippen molar-refractivity contribution in [2.24, 2.45) is 5.16 Å². The quantitative estimate of drug-likeness (QED) is 0.586. The van der Waals surface area contributed by atoms with E-state index in [1.807, 2.05) is 6.07 Å². The number of oxime groups is 1. The molecule has 5 heteroatoms. The number of H-pyrrole nitrogens is 1. The molecule has 0 radical (unpaired) electrons. The first-order valence-electron chi connectivity index (χ1n) is 8.50. The van der Waals surface area contributed by atoms with Crippen LogP contribution in [-0.2, 0) is 22.5 Å². The Hall–Kier alpha value is -2.95. The molecule has 0 fully saturated rings. The zero-order valence-corrected chi connectivity index (χ0v) is 14.1. The third-order valence-corrected chi connectivity index (χ3v) is 4.57. The van der Waals surface area contributed by atoms with Crippen LogP contribution in [0.3, 0.4) is 0 Å². The van der Waals surface area contributed by atoms with Gasteiger partial charge in [-0.2, -0.15) is 5.10 Å². The summed E-state index contributed by atoms with van der Waals surface area (Å²) in [5.74, 6) is -0.404. The average molecular weight is 333 g/mol. The van der Waals surface area contributed by atoms with Crippen molar-refractivity contribution >= 4 is 22.5 Å². The minimum Gasteiger partial charge on any atom is -0.318 e. The van der Waals surface area contributed by atoms with E-state index in [1.165, 1.54) is 23.3 Å². The Morgan fingerprint density at radius 3 is 2.92 bits per heavy atom. The highest BCUT2D eigenvalue weighted by Crippen LogP contribution is 2.27. The highest BCUT2D eigenvalue weighted by atomic mass is 16.7. The molecule has 1 aromatic heterocycles. The number of carbonyl (C=O) groups excluding carboxylic acids is 1. The van der Waals surface area contributed by atoms with E-state index >= 15 is 0 Å². The Kier molecular flexibility index (Phi) is 4.06. The van der Waals surface area contributed by atoms with E-state index in [9.17, 15) is 4.79 Å². The van der Waals surface area contributed by atoms with E-state index in [-0.39, 0.29) is 0 Å². The molecule has 0 amide bonds. The van der Waals surface area contributed by atoms with E-state index in [0.29, 0.717) is 6.42 Å². The molecule has 0 unspecified atom stereocenters. The lowest BCUT2D eigenvalue weighted by molar-refractivity contribution is -0.140. The summed E-state index contributed by atoms with van der Waals surface area (Å²) in [6, 6.07) is 14.7. The van der Waals surface area contributed by atoms with Crippen molar-refractivity contribution in [3.8, 4) is 0 Å². The number of hydrogen-bond donors (Lipinski definition) is 1. The van der Waals surface area contributed by atoms with Gasteiger partial charge in [0.2, 0.25) is 0 Å². The van der Waals surface area contributed by atoms with Crippen LogP contribution in [0.1, 0.15) is 42.3 Å². The van der Waals surface area contributed by atoms with E-state index in [1.54, 1.807) is 0 Å². The smallest absolute Gasteiger partial charge is 0.318 e. The second-order valence-electron chi connectivity index (χ2n) is 6.31. The number of nitrogens with zero attached hydrogens (tertiary/aromatic N) is 2. The first-order chi connectivity index (χ1) is 12.2. The van der Waals surface area contributed by atoms with Crippen molar-refractivity contribution < 1.29 is 9.63 Å². The summed E-state index contributed by atoms with van der Waals surface area (Å²) in [7, 11) is 0. The number of aryl methyl sites for hydroxylation is 1. The molecule has 0 bridgehead atoms. The van der Waals surface area contributed by atoms with Crippen LogP contribution >= 0.6 is 0 Å². The molecule has 25 heavy (non-hydrogen) atoms. The predicted octanol–water partition coefficient (Wildman–Crippen LogP) is 3.76. The van der Waals surface area contributed by atoms with Gasteiger partial charge in [0.15, 0.2) is 0 Å². The molecule has 0 spiro atoms. The zero-order valence-electron chi connectivity index (χ0n) is 14.1. The van der Waals surface area contributed by atoms with Crippen molar-refractivity contribution in [2.75, 3.05) is 0 Å². The van der Waals surface area contributed by atoms with E-state index < -0.39 is 5.97 Å². The highest BCUT2D eigenvalue weighted by Gasteiger charge is 2.23. The first-order valence-corrected chi connectivity index (χ1v) is 8.50. The predicted molar refractivity (Wildman–Crippen MR) is 96.6 cm³/mol. The number of carbonyl (C=O) groups is 1. The van der Waals surface area contributed by atoms with Crippen LogP contribution in [0.15, 0.2) is 47.6 Å². The molecule has 1 aliphatic carbocycles. The Balaban J connectivity index is 1.74. The van der Waals surface area contributed by atoms with Gasteiger partial charge in [0.05, 0.1) is 11.4 Å². The summed E-state index contributed by atoms with van der Waals surface area (Å²) in [6.45, 7) is 1.36. The fraction of sp³-hybridized carbons (Fsp3) is 0.250. The van der Waals surface area contributed by atoms with Gasteiger partial charge in [-0.25, -0.2) is 4.79 Å². The van der Waals surface area contributed by atoms with Crippen molar-refractivity contribution in [3.63, 3.8) is 0 Å². The van der Waals surface area contributed by atoms with Gasteiger partial charge in [0.25, 0.3) is 0 Å². The molecule has 1 heterocycles. The summed E-state index contributed by atoms with van der Waals surface area (Å²) in [5.41, 5.74) is 5.08. The Morgan fingerprint density at radius 1 is 1.20 bits per heavy atom. The molecule has 3 aromatic rings. The molecule has 0 atom stereocenters.